The van der Waals surface area contributed by atoms with Crippen LogP contribution in [0.3, 0.4) is 0 Å². The Hall–Kier alpha value is -2.41. The van der Waals surface area contributed by atoms with Crippen molar-refractivity contribution in [3.63, 3.8) is 0 Å². The monoisotopic (exact) mass is 371 g/mol. The smallest absolute Gasteiger partial charge is 0.240 e. The number of aliphatic hydroxyl groups excluding tert-OH is 1. The van der Waals surface area contributed by atoms with Gasteiger partial charge in [-0.25, -0.2) is 13.1 Å². The zero-order valence-electron chi connectivity index (χ0n) is 14.4. The molecule has 0 spiro atoms. The molecule has 0 aromatic heterocycles. The van der Waals surface area contributed by atoms with E-state index in [1.807, 2.05) is 43.3 Å². The van der Waals surface area contributed by atoms with Crippen molar-refractivity contribution in [2.75, 3.05) is 13.2 Å². The van der Waals surface area contributed by atoms with E-state index in [-0.39, 0.29) is 11.4 Å². The van der Waals surface area contributed by atoms with E-state index >= 15 is 0 Å². The third-order valence-electron chi connectivity index (χ3n) is 4.09. The normalized spacial score (nSPS) is 12.8. The van der Waals surface area contributed by atoms with Gasteiger partial charge in [0.15, 0.2) is 0 Å². The van der Waals surface area contributed by atoms with Crippen LogP contribution < -0.4 is 9.46 Å². The number of fused-ring (bicyclic) bond motifs is 1. The summed E-state index contributed by atoms with van der Waals surface area (Å²) in [6.45, 7) is 2.27. The van der Waals surface area contributed by atoms with Crippen LogP contribution in [0.15, 0.2) is 71.6 Å². The second-order valence-electron chi connectivity index (χ2n) is 5.84. The molecule has 3 rings (SSSR count). The first kappa shape index (κ1) is 18.4. The lowest BCUT2D eigenvalue weighted by Gasteiger charge is -2.15. The van der Waals surface area contributed by atoms with Crippen molar-refractivity contribution in [1.82, 2.24) is 4.72 Å². The van der Waals surface area contributed by atoms with Crippen molar-refractivity contribution in [3.05, 3.63) is 72.3 Å². The average molecular weight is 371 g/mol. The number of ether oxygens (including phenoxy) is 1. The van der Waals surface area contributed by atoms with Crippen molar-refractivity contribution in [2.24, 2.45) is 0 Å². The van der Waals surface area contributed by atoms with Crippen LogP contribution in [-0.2, 0) is 10.0 Å². The summed E-state index contributed by atoms with van der Waals surface area (Å²) in [6.07, 6.45) is -0.946. The van der Waals surface area contributed by atoms with Crippen molar-refractivity contribution in [3.8, 4) is 5.75 Å². The standard InChI is InChI=1S/C20H21NO4S/c1-2-25-16-10-12-17(13-11-16)26(23,24)21-14-20(22)19-9-5-7-15-6-3-4-8-18(15)19/h3-13,20-22H,2,14H2,1H3/t20-/m1/s1. The van der Waals surface area contributed by atoms with Crippen LogP contribution in [-0.4, -0.2) is 26.7 Å². The van der Waals surface area contributed by atoms with Gasteiger partial charge in [-0.1, -0.05) is 42.5 Å². The van der Waals surface area contributed by atoms with Crippen LogP contribution in [0.2, 0.25) is 0 Å². The second-order valence-corrected chi connectivity index (χ2v) is 7.61. The van der Waals surface area contributed by atoms with Gasteiger partial charge in [-0.2, -0.15) is 0 Å². The van der Waals surface area contributed by atoms with Gasteiger partial charge in [-0.3, -0.25) is 0 Å². The third-order valence-corrected chi connectivity index (χ3v) is 5.53. The van der Waals surface area contributed by atoms with E-state index in [2.05, 4.69) is 4.72 Å². The molecule has 3 aromatic carbocycles. The maximum absolute atomic E-state index is 12.4. The van der Waals surface area contributed by atoms with Gasteiger partial charge in [0.1, 0.15) is 5.75 Å². The van der Waals surface area contributed by atoms with Crippen LogP contribution >= 0.6 is 0 Å². The summed E-state index contributed by atoms with van der Waals surface area (Å²) in [5.74, 6) is 0.613. The number of aliphatic hydroxyl groups is 1. The minimum atomic E-state index is -3.71. The van der Waals surface area contributed by atoms with Gasteiger partial charge in [-0.05, 0) is 47.5 Å². The summed E-state index contributed by atoms with van der Waals surface area (Å²) < 4.78 is 32.7. The number of hydrogen-bond donors (Lipinski definition) is 2. The lowest BCUT2D eigenvalue weighted by Crippen LogP contribution is -2.28. The molecule has 0 fully saturated rings. The Morgan fingerprint density at radius 3 is 2.42 bits per heavy atom. The maximum Gasteiger partial charge on any atom is 0.240 e. The molecule has 26 heavy (non-hydrogen) atoms. The molecule has 0 saturated carbocycles. The van der Waals surface area contributed by atoms with Crippen molar-refractivity contribution in [2.45, 2.75) is 17.9 Å². The lowest BCUT2D eigenvalue weighted by atomic mass is 10.0. The molecule has 3 aromatic rings. The number of rotatable bonds is 7. The maximum atomic E-state index is 12.4. The minimum absolute atomic E-state index is 0.108. The molecule has 0 aliphatic rings. The van der Waals surface area contributed by atoms with Crippen LogP contribution in [0.25, 0.3) is 10.8 Å². The Morgan fingerprint density at radius 1 is 1.00 bits per heavy atom. The summed E-state index contributed by atoms with van der Waals surface area (Å²) in [6, 6.07) is 19.5. The van der Waals surface area contributed by atoms with E-state index in [0.717, 1.165) is 10.8 Å². The van der Waals surface area contributed by atoms with Crippen molar-refractivity contribution in [1.29, 1.82) is 0 Å². The van der Waals surface area contributed by atoms with E-state index in [9.17, 15) is 13.5 Å². The highest BCUT2D eigenvalue weighted by molar-refractivity contribution is 7.89. The van der Waals surface area contributed by atoms with E-state index < -0.39 is 16.1 Å². The first-order chi connectivity index (χ1) is 12.5. The summed E-state index contributed by atoms with van der Waals surface area (Å²) in [4.78, 5) is 0.131. The Balaban J connectivity index is 1.74. The van der Waals surface area contributed by atoms with Crippen molar-refractivity contribution < 1.29 is 18.3 Å². The SMILES string of the molecule is CCOc1ccc(S(=O)(=O)NC[C@@H](O)c2cccc3ccccc23)cc1. The molecule has 0 aliphatic carbocycles. The second kappa shape index (κ2) is 7.86. The molecule has 0 heterocycles. The molecule has 5 nitrogen and oxygen atoms in total. The highest BCUT2D eigenvalue weighted by Gasteiger charge is 2.18. The molecule has 1 atom stereocenters. The fraction of sp³-hybridized carbons (Fsp3) is 0.200. The molecule has 0 radical (unpaired) electrons. The van der Waals surface area contributed by atoms with Crippen molar-refractivity contribution >= 4 is 20.8 Å². The minimum Gasteiger partial charge on any atom is -0.494 e. The Bertz CT molecular complexity index is 979. The predicted molar refractivity (Wildman–Crippen MR) is 102 cm³/mol. The molecule has 0 unspecified atom stereocenters. The van der Waals surface area contributed by atoms with E-state index in [4.69, 9.17) is 4.74 Å². The number of nitrogens with one attached hydrogen (secondary N) is 1. The van der Waals surface area contributed by atoms with Gasteiger partial charge in [-0.15, -0.1) is 0 Å². The largest absolute Gasteiger partial charge is 0.494 e. The topological polar surface area (TPSA) is 75.6 Å². The number of sulfonamides is 1. The zero-order valence-corrected chi connectivity index (χ0v) is 15.2. The van der Waals surface area contributed by atoms with Gasteiger partial charge in [0.25, 0.3) is 0 Å². The highest BCUT2D eigenvalue weighted by atomic mass is 32.2. The lowest BCUT2D eigenvalue weighted by molar-refractivity contribution is 0.183. The van der Waals surface area contributed by atoms with Crippen LogP contribution in [0, 0.1) is 0 Å². The van der Waals surface area contributed by atoms with E-state index in [1.54, 1.807) is 18.2 Å². The number of benzene rings is 3. The summed E-state index contributed by atoms with van der Waals surface area (Å²) >= 11 is 0. The molecule has 0 aliphatic heterocycles. The summed E-state index contributed by atoms with van der Waals surface area (Å²) in [5, 5.41) is 12.4. The van der Waals surface area contributed by atoms with Crippen LogP contribution in [0.4, 0.5) is 0 Å². The molecule has 6 heteroatoms. The molecular weight excluding hydrogens is 350 g/mol. The van der Waals surface area contributed by atoms with E-state index in [0.29, 0.717) is 17.9 Å². The van der Waals surface area contributed by atoms with Gasteiger partial charge >= 0.3 is 0 Å². The Morgan fingerprint density at radius 2 is 1.69 bits per heavy atom. The molecule has 2 N–H and O–H groups in total. The van der Waals surface area contributed by atoms with Crippen LogP contribution in [0.1, 0.15) is 18.6 Å². The van der Waals surface area contributed by atoms with Gasteiger partial charge in [0, 0.05) is 6.54 Å². The summed E-state index contributed by atoms with van der Waals surface area (Å²) in [5.41, 5.74) is 0.692. The van der Waals surface area contributed by atoms with E-state index in [1.165, 1.54) is 12.1 Å². The third kappa shape index (κ3) is 4.04. The molecule has 0 amide bonds. The number of hydrogen-bond acceptors (Lipinski definition) is 4. The van der Waals surface area contributed by atoms with Gasteiger partial charge in [0.2, 0.25) is 10.0 Å². The average Bonchev–Trinajstić information content (AvgIpc) is 2.66. The van der Waals surface area contributed by atoms with Gasteiger partial charge in [0.05, 0.1) is 17.6 Å². The zero-order chi connectivity index (χ0) is 18.6. The fourth-order valence-electron chi connectivity index (χ4n) is 2.80. The molecule has 136 valence electrons. The highest BCUT2D eigenvalue weighted by Crippen LogP contribution is 2.24. The predicted octanol–water partition coefficient (Wildman–Crippen LogP) is 3.25. The fourth-order valence-corrected chi connectivity index (χ4v) is 3.84. The Labute approximate surface area is 153 Å². The Kier molecular flexibility index (Phi) is 5.56. The van der Waals surface area contributed by atoms with Gasteiger partial charge < -0.3 is 9.84 Å². The van der Waals surface area contributed by atoms with Crippen LogP contribution in [0.5, 0.6) is 5.75 Å². The molecule has 0 bridgehead atoms. The first-order valence-electron chi connectivity index (χ1n) is 8.39. The quantitative estimate of drug-likeness (QED) is 0.668. The molecular formula is C20H21NO4S. The first-order valence-corrected chi connectivity index (χ1v) is 9.88. The molecule has 0 saturated heterocycles. The summed E-state index contributed by atoms with van der Waals surface area (Å²) in [7, 11) is -3.71.